The largest absolute Gasteiger partial charge is 0.491 e. The molecule has 0 heterocycles. The molecule has 0 saturated carbocycles. The Labute approximate surface area is 98.0 Å². The van der Waals surface area contributed by atoms with Crippen LogP contribution in [0.3, 0.4) is 0 Å². The average Bonchev–Trinajstić information content (AvgIpc) is 2.26. The van der Waals surface area contributed by atoms with Gasteiger partial charge in [-0.05, 0) is 31.5 Å². The second kappa shape index (κ2) is 4.96. The summed E-state index contributed by atoms with van der Waals surface area (Å²) in [5, 5.41) is 9.67. The van der Waals surface area contributed by atoms with Gasteiger partial charge in [0.15, 0.2) is 0 Å². The molecule has 0 radical (unpaired) electrons. The molecule has 1 aromatic carbocycles. The van der Waals surface area contributed by atoms with Crippen LogP contribution in [0.15, 0.2) is 24.3 Å². The smallest absolute Gasteiger partial charge is 0.416 e. The maximum absolute atomic E-state index is 12.4. The second-order valence-corrected chi connectivity index (χ2v) is 4.16. The Balaban J connectivity index is 2.74. The Morgan fingerprint density at radius 3 is 2.47 bits per heavy atom. The van der Waals surface area contributed by atoms with Crippen molar-refractivity contribution in [2.75, 3.05) is 6.61 Å². The Hall–Kier alpha value is -1.23. The summed E-state index contributed by atoms with van der Waals surface area (Å²) in [6.45, 7) is 3.31. The Kier molecular flexibility index (Phi) is 4.03. The lowest BCUT2D eigenvalue weighted by atomic mass is 10.1. The van der Waals surface area contributed by atoms with Crippen LogP contribution in [0.2, 0.25) is 0 Å². The zero-order valence-electron chi connectivity index (χ0n) is 9.71. The molecule has 1 unspecified atom stereocenters. The van der Waals surface area contributed by atoms with Crippen LogP contribution in [0.5, 0.6) is 5.75 Å². The molecule has 0 aliphatic heterocycles. The van der Waals surface area contributed by atoms with Gasteiger partial charge in [-0.2, -0.15) is 13.2 Å². The SMILES string of the molecule is CCC(C)(O)COc1cccc(C(F)(F)F)c1. The lowest BCUT2D eigenvalue weighted by Gasteiger charge is -2.21. The van der Waals surface area contributed by atoms with Gasteiger partial charge in [0.05, 0.1) is 11.2 Å². The summed E-state index contributed by atoms with van der Waals surface area (Å²) in [5.74, 6) is 0.105. The van der Waals surface area contributed by atoms with Crippen molar-refractivity contribution in [1.29, 1.82) is 0 Å². The lowest BCUT2D eigenvalue weighted by molar-refractivity contribution is -0.137. The highest BCUT2D eigenvalue weighted by atomic mass is 19.4. The Morgan fingerprint density at radius 2 is 1.94 bits per heavy atom. The van der Waals surface area contributed by atoms with Crippen molar-refractivity contribution in [1.82, 2.24) is 0 Å². The fraction of sp³-hybridized carbons (Fsp3) is 0.500. The fourth-order valence-corrected chi connectivity index (χ4v) is 1.10. The highest BCUT2D eigenvalue weighted by Gasteiger charge is 2.30. The van der Waals surface area contributed by atoms with Gasteiger partial charge in [0.25, 0.3) is 0 Å². The van der Waals surface area contributed by atoms with Crippen molar-refractivity contribution >= 4 is 0 Å². The molecule has 0 saturated heterocycles. The van der Waals surface area contributed by atoms with Crippen LogP contribution >= 0.6 is 0 Å². The molecule has 1 aromatic rings. The predicted molar refractivity (Wildman–Crippen MR) is 57.9 cm³/mol. The van der Waals surface area contributed by atoms with E-state index in [0.29, 0.717) is 6.42 Å². The highest BCUT2D eigenvalue weighted by Crippen LogP contribution is 2.31. The van der Waals surface area contributed by atoms with E-state index in [1.165, 1.54) is 12.1 Å². The van der Waals surface area contributed by atoms with Crippen molar-refractivity contribution < 1.29 is 23.0 Å². The standard InChI is InChI=1S/C12H15F3O2/c1-3-11(2,16)8-17-10-6-4-5-9(7-10)12(13,14)15/h4-7,16H,3,8H2,1-2H3. The minimum Gasteiger partial charge on any atom is -0.491 e. The molecule has 0 aromatic heterocycles. The lowest BCUT2D eigenvalue weighted by Crippen LogP contribution is -2.31. The van der Waals surface area contributed by atoms with Gasteiger partial charge >= 0.3 is 6.18 Å². The van der Waals surface area contributed by atoms with Crippen molar-refractivity contribution in [2.45, 2.75) is 32.0 Å². The summed E-state index contributed by atoms with van der Waals surface area (Å²) >= 11 is 0. The van der Waals surface area contributed by atoms with E-state index in [4.69, 9.17) is 4.74 Å². The van der Waals surface area contributed by atoms with Gasteiger partial charge in [-0.25, -0.2) is 0 Å². The van der Waals surface area contributed by atoms with Crippen molar-refractivity contribution in [3.63, 3.8) is 0 Å². The van der Waals surface area contributed by atoms with Crippen molar-refractivity contribution in [3.05, 3.63) is 29.8 Å². The monoisotopic (exact) mass is 248 g/mol. The number of alkyl halides is 3. The second-order valence-electron chi connectivity index (χ2n) is 4.16. The number of rotatable bonds is 4. The Morgan fingerprint density at radius 1 is 1.29 bits per heavy atom. The first-order chi connectivity index (χ1) is 7.74. The van der Waals surface area contributed by atoms with E-state index < -0.39 is 17.3 Å². The molecule has 0 aliphatic carbocycles. The third kappa shape index (κ3) is 4.26. The van der Waals surface area contributed by atoms with E-state index in [1.54, 1.807) is 13.8 Å². The van der Waals surface area contributed by atoms with Crippen LogP contribution in [-0.4, -0.2) is 17.3 Å². The summed E-state index contributed by atoms with van der Waals surface area (Å²) in [5.41, 5.74) is -1.79. The Bertz CT molecular complexity index is 372. The van der Waals surface area contributed by atoms with Crippen LogP contribution in [0, 0.1) is 0 Å². The van der Waals surface area contributed by atoms with Crippen LogP contribution < -0.4 is 4.74 Å². The zero-order chi connectivity index (χ0) is 13.1. The number of aliphatic hydroxyl groups is 1. The molecule has 0 fully saturated rings. The topological polar surface area (TPSA) is 29.5 Å². The average molecular weight is 248 g/mol. The minimum absolute atomic E-state index is 0.0369. The molecule has 2 nitrogen and oxygen atoms in total. The number of halogens is 3. The number of benzene rings is 1. The molecule has 0 amide bonds. The molecule has 0 spiro atoms. The van der Waals surface area contributed by atoms with Gasteiger partial charge in [-0.15, -0.1) is 0 Å². The summed E-state index contributed by atoms with van der Waals surface area (Å²) < 4.78 is 42.4. The van der Waals surface area contributed by atoms with Gasteiger partial charge in [0.1, 0.15) is 12.4 Å². The molecular formula is C12H15F3O2. The van der Waals surface area contributed by atoms with E-state index in [9.17, 15) is 18.3 Å². The van der Waals surface area contributed by atoms with E-state index in [1.807, 2.05) is 0 Å². The highest BCUT2D eigenvalue weighted by molar-refractivity contribution is 5.30. The first-order valence-electron chi connectivity index (χ1n) is 5.27. The van der Waals surface area contributed by atoms with Gasteiger partial charge in [0, 0.05) is 0 Å². The molecule has 1 N–H and O–H groups in total. The summed E-state index contributed by atoms with van der Waals surface area (Å²) in [6, 6.07) is 4.61. The molecule has 0 aliphatic rings. The van der Waals surface area contributed by atoms with Crippen LogP contribution in [0.4, 0.5) is 13.2 Å². The minimum atomic E-state index is -4.38. The van der Waals surface area contributed by atoms with E-state index >= 15 is 0 Å². The normalized spacial score (nSPS) is 15.4. The molecule has 5 heteroatoms. The molecule has 1 atom stereocenters. The predicted octanol–water partition coefficient (Wildman–Crippen LogP) is 3.25. The maximum atomic E-state index is 12.4. The van der Waals surface area contributed by atoms with Crippen LogP contribution in [0.25, 0.3) is 0 Å². The molecular weight excluding hydrogens is 233 g/mol. The number of hydrogen-bond donors (Lipinski definition) is 1. The van der Waals surface area contributed by atoms with E-state index in [2.05, 4.69) is 0 Å². The number of ether oxygens (including phenoxy) is 1. The molecule has 0 bridgehead atoms. The van der Waals surface area contributed by atoms with Gasteiger partial charge in [-0.3, -0.25) is 0 Å². The fourth-order valence-electron chi connectivity index (χ4n) is 1.10. The molecule has 96 valence electrons. The van der Waals surface area contributed by atoms with Gasteiger partial charge < -0.3 is 9.84 Å². The summed E-state index contributed by atoms with van der Waals surface area (Å²) in [6.07, 6.45) is -3.92. The first kappa shape index (κ1) is 13.8. The summed E-state index contributed by atoms with van der Waals surface area (Å²) in [4.78, 5) is 0. The number of hydrogen-bond acceptors (Lipinski definition) is 2. The quantitative estimate of drug-likeness (QED) is 0.886. The van der Waals surface area contributed by atoms with Gasteiger partial charge in [0.2, 0.25) is 0 Å². The first-order valence-corrected chi connectivity index (χ1v) is 5.27. The molecule has 1 rings (SSSR count). The van der Waals surface area contributed by atoms with E-state index in [-0.39, 0.29) is 12.4 Å². The summed E-state index contributed by atoms with van der Waals surface area (Å²) in [7, 11) is 0. The van der Waals surface area contributed by atoms with E-state index in [0.717, 1.165) is 12.1 Å². The van der Waals surface area contributed by atoms with Crippen LogP contribution in [-0.2, 0) is 6.18 Å². The molecule has 17 heavy (non-hydrogen) atoms. The maximum Gasteiger partial charge on any atom is 0.416 e. The van der Waals surface area contributed by atoms with Crippen molar-refractivity contribution in [2.24, 2.45) is 0 Å². The van der Waals surface area contributed by atoms with Gasteiger partial charge in [-0.1, -0.05) is 13.0 Å². The third-order valence-corrected chi connectivity index (χ3v) is 2.47. The van der Waals surface area contributed by atoms with Crippen molar-refractivity contribution in [3.8, 4) is 5.75 Å². The van der Waals surface area contributed by atoms with Crippen LogP contribution in [0.1, 0.15) is 25.8 Å². The zero-order valence-corrected chi connectivity index (χ0v) is 9.71. The third-order valence-electron chi connectivity index (χ3n) is 2.47.